The van der Waals surface area contributed by atoms with Crippen LogP contribution in [-0.2, 0) is 10.0 Å². The Bertz CT molecular complexity index is 344. The van der Waals surface area contributed by atoms with E-state index in [1.165, 1.54) is 0 Å². The van der Waals surface area contributed by atoms with Crippen LogP contribution in [0.5, 0.6) is 0 Å². The number of hydrogen-bond acceptors (Lipinski definition) is 4. The quantitative estimate of drug-likeness (QED) is 0.670. The van der Waals surface area contributed by atoms with Gasteiger partial charge < -0.3 is 10.2 Å². The van der Waals surface area contributed by atoms with Gasteiger partial charge >= 0.3 is 0 Å². The van der Waals surface area contributed by atoms with Crippen LogP contribution >= 0.6 is 0 Å². The Morgan fingerprint density at radius 1 is 1.32 bits per heavy atom. The SMILES string of the molecule is CCNCCCCS(=O)(=O)N1CCCC(N(C)C)C1. The highest BCUT2D eigenvalue weighted by molar-refractivity contribution is 7.89. The molecule has 0 aliphatic carbocycles. The van der Waals surface area contributed by atoms with Gasteiger partial charge in [-0.3, -0.25) is 0 Å². The van der Waals surface area contributed by atoms with Gasteiger partial charge in [0.2, 0.25) is 10.0 Å². The van der Waals surface area contributed by atoms with Crippen molar-refractivity contribution in [2.24, 2.45) is 0 Å². The van der Waals surface area contributed by atoms with Gasteiger partial charge in [0.15, 0.2) is 0 Å². The molecule has 0 spiro atoms. The van der Waals surface area contributed by atoms with Crippen LogP contribution < -0.4 is 5.32 Å². The van der Waals surface area contributed by atoms with Crippen molar-refractivity contribution in [3.63, 3.8) is 0 Å². The van der Waals surface area contributed by atoms with Gasteiger partial charge in [0.25, 0.3) is 0 Å². The van der Waals surface area contributed by atoms with Crippen LogP contribution in [0.1, 0.15) is 32.6 Å². The summed E-state index contributed by atoms with van der Waals surface area (Å²) in [5.74, 6) is 0.290. The van der Waals surface area contributed by atoms with Crippen LogP contribution in [0.15, 0.2) is 0 Å². The molecule has 1 aliphatic heterocycles. The van der Waals surface area contributed by atoms with Gasteiger partial charge in [-0.15, -0.1) is 0 Å². The van der Waals surface area contributed by atoms with Gasteiger partial charge in [-0.2, -0.15) is 0 Å². The van der Waals surface area contributed by atoms with E-state index in [9.17, 15) is 8.42 Å². The lowest BCUT2D eigenvalue weighted by Gasteiger charge is -2.35. The standard InChI is InChI=1S/C13H29N3O2S/c1-4-14-9-5-6-11-19(17,18)16-10-7-8-13(12-16)15(2)3/h13-14H,4-12H2,1-3H3. The van der Waals surface area contributed by atoms with Crippen LogP contribution in [0.4, 0.5) is 0 Å². The van der Waals surface area contributed by atoms with Crippen molar-refractivity contribution in [2.75, 3.05) is 46.0 Å². The molecule has 0 aromatic carbocycles. The molecule has 19 heavy (non-hydrogen) atoms. The second kappa shape index (κ2) is 8.19. The summed E-state index contributed by atoms with van der Waals surface area (Å²) in [5.41, 5.74) is 0. The highest BCUT2D eigenvalue weighted by Gasteiger charge is 2.29. The number of piperidine rings is 1. The molecule has 0 saturated carbocycles. The average molecular weight is 291 g/mol. The molecule has 114 valence electrons. The van der Waals surface area contributed by atoms with E-state index in [0.29, 0.717) is 24.9 Å². The lowest BCUT2D eigenvalue weighted by Crippen LogP contribution is -2.48. The molecule has 1 fully saturated rings. The Balaban J connectivity index is 2.39. The van der Waals surface area contributed by atoms with E-state index in [1.807, 2.05) is 14.1 Å². The lowest BCUT2D eigenvalue weighted by molar-refractivity contribution is 0.190. The number of nitrogens with zero attached hydrogens (tertiary/aromatic N) is 2. The van der Waals surface area contributed by atoms with E-state index in [0.717, 1.165) is 38.8 Å². The molecule has 5 nitrogen and oxygen atoms in total. The Kier molecular flexibility index (Phi) is 7.28. The maximum Gasteiger partial charge on any atom is 0.214 e. The molecule has 0 radical (unpaired) electrons. The first-order valence-corrected chi connectivity index (χ1v) is 8.93. The number of nitrogens with one attached hydrogen (secondary N) is 1. The zero-order chi connectivity index (χ0) is 14.3. The van der Waals surface area contributed by atoms with Crippen molar-refractivity contribution < 1.29 is 8.42 Å². The van der Waals surface area contributed by atoms with E-state index in [2.05, 4.69) is 17.1 Å². The number of unbranched alkanes of at least 4 members (excludes halogenated alkanes) is 1. The van der Waals surface area contributed by atoms with E-state index in [4.69, 9.17) is 0 Å². The Morgan fingerprint density at radius 3 is 2.68 bits per heavy atom. The molecular weight excluding hydrogens is 262 g/mol. The molecule has 1 saturated heterocycles. The number of hydrogen-bond donors (Lipinski definition) is 1. The lowest BCUT2D eigenvalue weighted by atomic mass is 10.1. The number of sulfonamides is 1. The third kappa shape index (κ3) is 5.77. The summed E-state index contributed by atoms with van der Waals surface area (Å²) in [6, 6.07) is 0.366. The Labute approximate surface area is 118 Å². The molecule has 0 aromatic heterocycles. The maximum atomic E-state index is 12.3. The summed E-state index contributed by atoms with van der Waals surface area (Å²) in [6.45, 7) is 5.27. The number of rotatable bonds is 8. The summed E-state index contributed by atoms with van der Waals surface area (Å²) in [5, 5.41) is 3.22. The molecule has 6 heteroatoms. The summed E-state index contributed by atoms with van der Waals surface area (Å²) >= 11 is 0. The van der Waals surface area contributed by atoms with Gasteiger partial charge in [-0.1, -0.05) is 6.92 Å². The molecule has 1 heterocycles. The summed E-state index contributed by atoms with van der Waals surface area (Å²) in [4.78, 5) is 2.13. The van der Waals surface area contributed by atoms with Crippen molar-refractivity contribution in [3.8, 4) is 0 Å². The first kappa shape index (κ1) is 16.9. The maximum absolute atomic E-state index is 12.3. The minimum Gasteiger partial charge on any atom is -0.317 e. The minimum atomic E-state index is -3.06. The van der Waals surface area contributed by atoms with E-state index in [-0.39, 0.29) is 0 Å². The zero-order valence-corrected chi connectivity index (χ0v) is 13.4. The zero-order valence-electron chi connectivity index (χ0n) is 12.6. The highest BCUT2D eigenvalue weighted by atomic mass is 32.2. The molecule has 0 amide bonds. The second-order valence-electron chi connectivity index (χ2n) is 5.49. The fourth-order valence-electron chi connectivity index (χ4n) is 2.44. The Morgan fingerprint density at radius 2 is 2.05 bits per heavy atom. The molecule has 1 atom stereocenters. The molecule has 0 aromatic rings. The first-order valence-electron chi connectivity index (χ1n) is 7.32. The summed E-state index contributed by atoms with van der Waals surface area (Å²) in [7, 11) is 0.992. The molecule has 1 rings (SSSR count). The third-order valence-corrected chi connectivity index (χ3v) is 5.66. The monoisotopic (exact) mass is 291 g/mol. The largest absolute Gasteiger partial charge is 0.317 e. The minimum absolute atomic E-state index is 0.290. The van der Waals surface area contributed by atoms with Gasteiger partial charge in [-0.05, 0) is 52.9 Å². The van der Waals surface area contributed by atoms with Crippen LogP contribution in [0.2, 0.25) is 0 Å². The molecule has 1 unspecified atom stereocenters. The van der Waals surface area contributed by atoms with Gasteiger partial charge in [0, 0.05) is 19.1 Å². The van der Waals surface area contributed by atoms with Crippen molar-refractivity contribution in [1.29, 1.82) is 0 Å². The van der Waals surface area contributed by atoms with E-state index in [1.54, 1.807) is 4.31 Å². The van der Waals surface area contributed by atoms with Gasteiger partial charge in [-0.25, -0.2) is 12.7 Å². The van der Waals surface area contributed by atoms with Crippen LogP contribution in [0, 0.1) is 0 Å². The van der Waals surface area contributed by atoms with E-state index >= 15 is 0 Å². The topological polar surface area (TPSA) is 52.7 Å². The third-order valence-electron chi connectivity index (χ3n) is 3.74. The second-order valence-corrected chi connectivity index (χ2v) is 7.58. The van der Waals surface area contributed by atoms with Crippen molar-refractivity contribution in [2.45, 2.75) is 38.6 Å². The fourth-order valence-corrected chi connectivity index (χ4v) is 4.07. The van der Waals surface area contributed by atoms with E-state index < -0.39 is 10.0 Å². The Hall–Kier alpha value is -0.170. The highest BCUT2D eigenvalue weighted by Crippen LogP contribution is 2.17. The molecule has 1 N–H and O–H groups in total. The fraction of sp³-hybridized carbons (Fsp3) is 1.00. The number of likely N-dealkylation sites (N-methyl/N-ethyl adjacent to an activating group) is 1. The van der Waals surface area contributed by atoms with Crippen molar-refractivity contribution in [3.05, 3.63) is 0 Å². The summed E-state index contributed by atoms with van der Waals surface area (Å²) in [6.07, 6.45) is 3.75. The predicted octanol–water partition coefficient (Wildman–Crippen LogP) is 0.732. The summed E-state index contributed by atoms with van der Waals surface area (Å²) < 4.78 is 26.2. The van der Waals surface area contributed by atoms with Crippen LogP contribution in [-0.4, -0.2) is 69.7 Å². The molecule has 0 bridgehead atoms. The van der Waals surface area contributed by atoms with Crippen LogP contribution in [0.3, 0.4) is 0 Å². The first-order chi connectivity index (χ1) is 8.97. The van der Waals surface area contributed by atoms with Gasteiger partial charge in [0.05, 0.1) is 5.75 Å². The van der Waals surface area contributed by atoms with Crippen molar-refractivity contribution in [1.82, 2.24) is 14.5 Å². The molecule has 1 aliphatic rings. The van der Waals surface area contributed by atoms with Gasteiger partial charge in [0.1, 0.15) is 0 Å². The van der Waals surface area contributed by atoms with Crippen molar-refractivity contribution >= 4 is 10.0 Å². The smallest absolute Gasteiger partial charge is 0.214 e. The molecular formula is C13H29N3O2S. The normalized spacial score (nSPS) is 22.0. The predicted molar refractivity (Wildman–Crippen MR) is 79.8 cm³/mol. The van der Waals surface area contributed by atoms with Crippen LogP contribution in [0.25, 0.3) is 0 Å². The average Bonchev–Trinajstić information content (AvgIpc) is 2.38.